The van der Waals surface area contributed by atoms with Crippen molar-refractivity contribution in [3.8, 4) is 0 Å². The summed E-state index contributed by atoms with van der Waals surface area (Å²) in [6, 6.07) is 18.0. The van der Waals surface area contributed by atoms with E-state index in [-0.39, 0.29) is 0 Å². The zero-order chi connectivity index (χ0) is 17.1. The topological polar surface area (TPSA) is 27.8 Å². The standard InChI is InChI=1S/C23H26N2/c1-17-10-11-23-22(13-15-25-23)21(17)9-5-8-20-16-19(12-14-24-20)18-6-3-2-4-7-18/h2-4,6-7,10-13,15,20,24-25H,5,8-9,14,16H2,1H3. The molecule has 2 N–H and O–H groups in total. The highest BCUT2D eigenvalue weighted by atomic mass is 14.9. The van der Waals surface area contributed by atoms with Crippen LogP contribution in [0.4, 0.5) is 0 Å². The molecule has 0 saturated carbocycles. The van der Waals surface area contributed by atoms with Crippen LogP contribution < -0.4 is 5.32 Å². The molecule has 1 aliphatic rings. The van der Waals surface area contributed by atoms with Gasteiger partial charge in [0.2, 0.25) is 0 Å². The molecule has 4 rings (SSSR count). The lowest BCUT2D eigenvalue weighted by atomic mass is 9.91. The van der Waals surface area contributed by atoms with Gasteiger partial charge in [-0.05, 0) is 67.0 Å². The van der Waals surface area contributed by atoms with E-state index in [1.165, 1.54) is 46.0 Å². The second-order valence-corrected chi connectivity index (χ2v) is 7.10. The van der Waals surface area contributed by atoms with Crippen LogP contribution >= 0.6 is 0 Å². The quantitative estimate of drug-likeness (QED) is 0.657. The van der Waals surface area contributed by atoms with E-state index in [1.54, 1.807) is 0 Å². The van der Waals surface area contributed by atoms with Gasteiger partial charge in [-0.3, -0.25) is 0 Å². The molecule has 0 amide bonds. The maximum absolute atomic E-state index is 3.67. The van der Waals surface area contributed by atoms with Crippen LogP contribution in [0.25, 0.3) is 16.5 Å². The second-order valence-electron chi connectivity index (χ2n) is 7.10. The van der Waals surface area contributed by atoms with Gasteiger partial charge in [0.15, 0.2) is 0 Å². The van der Waals surface area contributed by atoms with Crippen LogP contribution in [0, 0.1) is 6.92 Å². The van der Waals surface area contributed by atoms with E-state index in [0.29, 0.717) is 6.04 Å². The van der Waals surface area contributed by atoms with Crippen LogP contribution in [-0.2, 0) is 6.42 Å². The highest BCUT2D eigenvalue weighted by molar-refractivity contribution is 5.84. The monoisotopic (exact) mass is 330 g/mol. The average Bonchev–Trinajstić information content (AvgIpc) is 3.13. The molecule has 1 unspecified atom stereocenters. The number of rotatable bonds is 5. The number of aryl methyl sites for hydroxylation is 2. The van der Waals surface area contributed by atoms with E-state index in [2.05, 4.69) is 71.8 Å². The summed E-state index contributed by atoms with van der Waals surface area (Å²) in [7, 11) is 0. The first-order chi connectivity index (χ1) is 12.3. The van der Waals surface area contributed by atoms with Gasteiger partial charge >= 0.3 is 0 Å². The molecule has 2 heterocycles. The van der Waals surface area contributed by atoms with Gasteiger partial charge in [-0.2, -0.15) is 0 Å². The minimum absolute atomic E-state index is 0.589. The summed E-state index contributed by atoms with van der Waals surface area (Å²) in [5.41, 5.74) is 7.04. The van der Waals surface area contributed by atoms with E-state index >= 15 is 0 Å². The number of hydrogen-bond donors (Lipinski definition) is 2. The molecule has 2 nitrogen and oxygen atoms in total. The molecule has 2 heteroatoms. The summed E-state index contributed by atoms with van der Waals surface area (Å²) in [5.74, 6) is 0. The smallest absolute Gasteiger partial charge is 0.0456 e. The first-order valence-corrected chi connectivity index (χ1v) is 9.34. The maximum Gasteiger partial charge on any atom is 0.0456 e. The van der Waals surface area contributed by atoms with Crippen molar-refractivity contribution < 1.29 is 0 Å². The van der Waals surface area contributed by atoms with Crippen LogP contribution in [0.2, 0.25) is 0 Å². The predicted octanol–water partition coefficient (Wildman–Crippen LogP) is 5.24. The Labute approximate surface area is 150 Å². The molecular weight excluding hydrogens is 304 g/mol. The average molecular weight is 330 g/mol. The summed E-state index contributed by atoms with van der Waals surface area (Å²) in [6.45, 7) is 3.22. The molecule has 0 radical (unpaired) electrons. The number of hydrogen-bond acceptors (Lipinski definition) is 1. The number of H-pyrrole nitrogens is 1. The van der Waals surface area contributed by atoms with Crippen molar-refractivity contribution in [2.75, 3.05) is 6.54 Å². The number of aromatic nitrogens is 1. The number of aromatic amines is 1. The third-order valence-corrected chi connectivity index (χ3v) is 5.43. The molecule has 0 saturated heterocycles. The van der Waals surface area contributed by atoms with Gasteiger partial charge in [0.1, 0.15) is 0 Å². The Bertz CT molecular complexity index is 874. The molecule has 128 valence electrons. The van der Waals surface area contributed by atoms with E-state index in [9.17, 15) is 0 Å². The van der Waals surface area contributed by atoms with Crippen LogP contribution in [0.1, 0.15) is 36.0 Å². The van der Waals surface area contributed by atoms with Gasteiger partial charge in [0.25, 0.3) is 0 Å². The number of benzene rings is 2. The lowest BCUT2D eigenvalue weighted by molar-refractivity contribution is 0.485. The van der Waals surface area contributed by atoms with Gasteiger partial charge in [0, 0.05) is 29.7 Å². The Hall–Kier alpha value is -2.32. The summed E-state index contributed by atoms with van der Waals surface area (Å²) >= 11 is 0. The van der Waals surface area contributed by atoms with Crippen molar-refractivity contribution in [3.63, 3.8) is 0 Å². The molecule has 1 atom stereocenters. The highest BCUT2D eigenvalue weighted by Gasteiger charge is 2.16. The van der Waals surface area contributed by atoms with Crippen LogP contribution in [0.3, 0.4) is 0 Å². The fourth-order valence-electron chi connectivity index (χ4n) is 4.02. The van der Waals surface area contributed by atoms with E-state index in [1.807, 2.05) is 6.20 Å². The summed E-state index contributed by atoms with van der Waals surface area (Å²) in [4.78, 5) is 3.33. The third kappa shape index (κ3) is 3.54. The minimum atomic E-state index is 0.589. The van der Waals surface area contributed by atoms with Gasteiger partial charge in [-0.15, -0.1) is 0 Å². The van der Waals surface area contributed by atoms with Crippen molar-refractivity contribution >= 4 is 16.5 Å². The number of nitrogens with one attached hydrogen (secondary N) is 2. The molecule has 1 aliphatic heterocycles. The van der Waals surface area contributed by atoms with E-state index in [0.717, 1.165) is 19.4 Å². The maximum atomic E-state index is 3.67. The normalized spacial score (nSPS) is 17.6. The molecule has 0 spiro atoms. The largest absolute Gasteiger partial charge is 0.361 e. The van der Waals surface area contributed by atoms with Crippen molar-refractivity contribution in [1.82, 2.24) is 10.3 Å². The molecular formula is C23H26N2. The van der Waals surface area contributed by atoms with Gasteiger partial charge < -0.3 is 10.3 Å². The fourth-order valence-corrected chi connectivity index (χ4v) is 4.02. The van der Waals surface area contributed by atoms with Crippen molar-refractivity contribution in [1.29, 1.82) is 0 Å². The Kier molecular flexibility index (Phi) is 4.71. The first kappa shape index (κ1) is 16.2. The summed E-state index contributed by atoms with van der Waals surface area (Å²) in [5, 5.41) is 5.06. The van der Waals surface area contributed by atoms with Crippen LogP contribution in [-0.4, -0.2) is 17.6 Å². The molecule has 25 heavy (non-hydrogen) atoms. The summed E-state index contributed by atoms with van der Waals surface area (Å²) < 4.78 is 0. The Morgan fingerprint density at radius 1 is 1.04 bits per heavy atom. The van der Waals surface area contributed by atoms with Gasteiger partial charge in [0.05, 0.1) is 0 Å². The Balaban J connectivity index is 1.38. The van der Waals surface area contributed by atoms with Gasteiger partial charge in [-0.25, -0.2) is 0 Å². The third-order valence-electron chi connectivity index (χ3n) is 5.43. The van der Waals surface area contributed by atoms with Crippen molar-refractivity contribution in [2.24, 2.45) is 0 Å². The predicted molar refractivity (Wildman–Crippen MR) is 107 cm³/mol. The molecule has 2 aromatic carbocycles. The fraction of sp³-hybridized carbons (Fsp3) is 0.304. The Morgan fingerprint density at radius 3 is 2.80 bits per heavy atom. The lowest BCUT2D eigenvalue weighted by Gasteiger charge is -2.25. The molecule has 0 bridgehead atoms. The SMILES string of the molecule is Cc1ccc2[nH]ccc2c1CCCC1CC(c2ccccc2)=CCN1. The van der Waals surface area contributed by atoms with E-state index < -0.39 is 0 Å². The molecule has 1 aromatic heterocycles. The molecule has 0 fully saturated rings. The highest BCUT2D eigenvalue weighted by Crippen LogP contribution is 2.26. The van der Waals surface area contributed by atoms with Gasteiger partial charge in [-0.1, -0.05) is 42.5 Å². The van der Waals surface area contributed by atoms with Crippen LogP contribution in [0.5, 0.6) is 0 Å². The molecule has 3 aromatic rings. The summed E-state index contributed by atoms with van der Waals surface area (Å²) in [6.07, 6.45) is 9.14. The van der Waals surface area contributed by atoms with Crippen molar-refractivity contribution in [3.05, 3.63) is 77.5 Å². The lowest BCUT2D eigenvalue weighted by Crippen LogP contribution is -2.32. The second kappa shape index (κ2) is 7.28. The van der Waals surface area contributed by atoms with Crippen molar-refractivity contribution in [2.45, 2.75) is 38.6 Å². The van der Waals surface area contributed by atoms with E-state index in [4.69, 9.17) is 0 Å². The zero-order valence-electron chi connectivity index (χ0n) is 14.9. The van der Waals surface area contributed by atoms with Crippen LogP contribution in [0.15, 0.2) is 60.8 Å². The first-order valence-electron chi connectivity index (χ1n) is 9.34. The zero-order valence-corrected chi connectivity index (χ0v) is 14.9. The molecule has 0 aliphatic carbocycles. The number of fused-ring (bicyclic) bond motifs is 1. The minimum Gasteiger partial charge on any atom is -0.361 e. The Morgan fingerprint density at radius 2 is 1.92 bits per heavy atom.